The number of halogens is 1. The molecule has 0 atom stereocenters. The van der Waals surface area contributed by atoms with Crippen molar-refractivity contribution in [1.29, 1.82) is 0 Å². The Kier molecular flexibility index (Phi) is 3.50. The van der Waals surface area contributed by atoms with Gasteiger partial charge in [0.05, 0.1) is 0 Å². The van der Waals surface area contributed by atoms with Gasteiger partial charge in [0.25, 0.3) is 0 Å². The summed E-state index contributed by atoms with van der Waals surface area (Å²) in [6.07, 6.45) is 2.65. The van der Waals surface area contributed by atoms with Gasteiger partial charge >= 0.3 is 0 Å². The largest absolute Gasteiger partial charge is 0.298 e. The molecule has 1 fully saturated rings. The lowest BCUT2D eigenvalue weighted by Crippen LogP contribution is -2.31. The first-order valence-corrected chi connectivity index (χ1v) is 4.49. The van der Waals surface area contributed by atoms with Crippen molar-refractivity contribution in [3.05, 3.63) is 6.54 Å². The quantitative estimate of drug-likeness (QED) is 0.560. The number of likely N-dealkylation sites (tertiary alicyclic amines) is 1. The van der Waals surface area contributed by atoms with Crippen molar-refractivity contribution in [2.45, 2.75) is 19.8 Å². The summed E-state index contributed by atoms with van der Waals surface area (Å²) in [5.41, 5.74) is 0. The van der Waals surface area contributed by atoms with Crippen LogP contribution in [0.5, 0.6) is 0 Å². The number of rotatable bonds is 2. The average Bonchev–Trinajstić information content (AvgIpc) is 1.95. The molecular formula is C8H15ClN. The number of piperidine rings is 1. The van der Waals surface area contributed by atoms with E-state index in [0.717, 1.165) is 5.92 Å². The first kappa shape index (κ1) is 8.35. The van der Waals surface area contributed by atoms with E-state index in [9.17, 15) is 0 Å². The fourth-order valence-corrected chi connectivity index (χ4v) is 1.50. The van der Waals surface area contributed by atoms with Crippen molar-refractivity contribution in [1.82, 2.24) is 4.90 Å². The lowest BCUT2D eigenvalue weighted by Gasteiger charge is -2.28. The van der Waals surface area contributed by atoms with Crippen LogP contribution in [-0.2, 0) is 0 Å². The van der Waals surface area contributed by atoms with E-state index in [2.05, 4.69) is 18.4 Å². The van der Waals surface area contributed by atoms with Crippen LogP contribution in [0.2, 0.25) is 0 Å². The second kappa shape index (κ2) is 4.20. The molecule has 1 heterocycles. The van der Waals surface area contributed by atoms with Crippen LogP contribution in [0.25, 0.3) is 0 Å². The van der Waals surface area contributed by atoms with Gasteiger partial charge in [0, 0.05) is 12.4 Å². The highest BCUT2D eigenvalue weighted by Crippen LogP contribution is 2.16. The van der Waals surface area contributed by atoms with Crippen LogP contribution in [-0.4, -0.2) is 23.9 Å². The van der Waals surface area contributed by atoms with Crippen molar-refractivity contribution in [3.63, 3.8) is 0 Å². The van der Waals surface area contributed by atoms with Gasteiger partial charge in [-0.3, -0.25) is 4.90 Å². The summed E-state index contributed by atoms with van der Waals surface area (Å²) < 4.78 is 0. The monoisotopic (exact) mass is 160 g/mol. The van der Waals surface area contributed by atoms with E-state index in [1.807, 2.05) is 0 Å². The SMILES string of the molecule is CC1CCN([CH]CCl)CC1. The van der Waals surface area contributed by atoms with E-state index in [-0.39, 0.29) is 0 Å². The predicted molar refractivity (Wildman–Crippen MR) is 45.0 cm³/mol. The molecular weight excluding hydrogens is 146 g/mol. The highest BCUT2D eigenvalue weighted by atomic mass is 35.5. The molecule has 0 aliphatic carbocycles. The van der Waals surface area contributed by atoms with Crippen molar-refractivity contribution < 1.29 is 0 Å². The fourth-order valence-electron chi connectivity index (χ4n) is 1.31. The maximum Gasteiger partial charge on any atom is 0.0398 e. The van der Waals surface area contributed by atoms with Crippen molar-refractivity contribution in [2.24, 2.45) is 5.92 Å². The van der Waals surface area contributed by atoms with Crippen LogP contribution in [0.4, 0.5) is 0 Å². The molecule has 1 nitrogen and oxygen atoms in total. The third-order valence-corrected chi connectivity index (χ3v) is 2.28. The average molecular weight is 161 g/mol. The molecule has 59 valence electrons. The highest BCUT2D eigenvalue weighted by Gasteiger charge is 2.14. The van der Waals surface area contributed by atoms with E-state index in [1.54, 1.807) is 0 Å². The molecule has 1 aliphatic rings. The lowest BCUT2D eigenvalue weighted by molar-refractivity contribution is 0.233. The van der Waals surface area contributed by atoms with Crippen molar-refractivity contribution in [2.75, 3.05) is 19.0 Å². The van der Waals surface area contributed by atoms with Gasteiger partial charge in [-0.05, 0) is 31.8 Å². The fraction of sp³-hybridized carbons (Fsp3) is 0.875. The molecule has 0 saturated carbocycles. The normalized spacial score (nSPS) is 23.4. The number of hydrogen-bond acceptors (Lipinski definition) is 1. The van der Waals surface area contributed by atoms with E-state index in [0.29, 0.717) is 5.88 Å². The molecule has 2 heteroatoms. The highest BCUT2D eigenvalue weighted by molar-refractivity contribution is 6.18. The minimum Gasteiger partial charge on any atom is -0.298 e. The summed E-state index contributed by atoms with van der Waals surface area (Å²) in [5, 5.41) is 0. The van der Waals surface area contributed by atoms with Crippen LogP contribution in [0.1, 0.15) is 19.8 Å². The van der Waals surface area contributed by atoms with Gasteiger partial charge in [-0.1, -0.05) is 6.92 Å². The van der Waals surface area contributed by atoms with Crippen molar-refractivity contribution in [3.8, 4) is 0 Å². The Hall–Kier alpha value is 0.250. The summed E-state index contributed by atoms with van der Waals surface area (Å²) in [5.74, 6) is 1.58. The van der Waals surface area contributed by atoms with Crippen LogP contribution in [0.3, 0.4) is 0 Å². The summed E-state index contributed by atoms with van der Waals surface area (Å²) in [4.78, 5) is 2.33. The van der Waals surface area contributed by atoms with Gasteiger partial charge in [-0.2, -0.15) is 0 Å². The maximum absolute atomic E-state index is 5.57. The van der Waals surface area contributed by atoms with Crippen LogP contribution >= 0.6 is 11.6 Å². The Balaban J connectivity index is 2.13. The van der Waals surface area contributed by atoms with E-state index < -0.39 is 0 Å². The smallest absolute Gasteiger partial charge is 0.0398 e. The van der Waals surface area contributed by atoms with Gasteiger partial charge in [0.15, 0.2) is 0 Å². The Labute approximate surface area is 68.4 Å². The molecule has 0 aromatic carbocycles. The van der Waals surface area contributed by atoms with E-state index >= 15 is 0 Å². The first-order chi connectivity index (χ1) is 4.83. The third kappa shape index (κ3) is 2.47. The molecule has 1 aliphatic heterocycles. The Bertz CT molecular complexity index is 87.3. The maximum atomic E-state index is 5.57. The summed E-state index contributed by atoms with van der Waals surface area (Å²) >= 11 is 5.57. The Morgan fingerprint density at radius 2 is 2.10 bits per heavy atom. The predicted octanol–water partition coefficient (Wildman–Crippen LogP) is 2.12. The molecule has 10 heavy (non-hydrogen) atoms. The zero-order chi connectivity index (χ0) is 7.40. The van der Waals surface area contributed by atoms with Gasteiger partial charge in [0.1, 0.15) is 0 Å². The third-order valence-electron chi connectivity index (χ3n) is 2.15. The molecule has 0 bridgehead atoms. The number of hydrogen-bond donors (Lipinski definition) is 0. The minimum absolute atomic E-state index is 0.661. The molecule has 0 unspecified atom stereocenters. The van der Waals surface area contributed by atoms with Crippen LogP contribution in [0.15, 0.2) is 0 Å². The van der Waals surface area contributed by atoms with Crippen LogP contribution in [0, 0.1) is 12.5 Å². The zero-order valence-electron chi connectivity index (χ0n) is 6.52. The van der Waals surface area contributed by atoms with Crippen molar-refractivity contribution >= 4 is 11.6 Å². The molecule has 0 amide bonds. The molecule has 0 N–H and O–H groups in total. The van der Waals surface area contributed by atoms with E-state index in [1.165, 1.54) is 25.9 Å². The number of nitrogens with zero attached hydrogens (tertiary/aromatic N) is 1. The Morgan fingerprint density at radius 3 is 2.60 bits per heavy atom. The first-order valence-electron chi connectivity index (χ1n) is 3.96. The van der Waals surface area contributed by atoms with Gasteiger partial charge in [0.2, 0.25) is 0 Å². The standard InChI is InChI=1S/C8H15ClN/c1-8-2-5-10(6-3-8)7-4-9/h7-8H,2-6H2,1H3. The second-order valence-corrected chi connectivity index (χ2v) is 3.36. The summed E-state index contributed by atoms with van der Waals surface area (Å²) in [7, 11) is 0. The van der Waals surface area contributed by atoms with Gasteiger partial charge < -0.3 is 0 Å². The molecule has 1 rings (SSSR count). The molecule has 1 saturated heterocycles. The van der Waals surface area contributed by atoms with E-state index in [4.69, 9.17) is 11.6 Å². The van der Waals surface area contributed by atoms with Gasteiger partial charge in [-0.25, -0.2) is 0 Å². The second-order valence-electron chi connectivity index (χ2n) is 3.06. The topological polar surface area (TPSA) is 3.24 Å². The molecule has 0 aromatic heterocycles. The van der Waals surface area contributed by atoms with Crippen LogP contribution < -0.4 is 0 Å². The Morgan fingerprint density at radius 1 is 1.50 bits per heavy atom. The van der Waals surface area contributed by atoms with Gasteiger partial charge in [-0.15, -0.1) is 11.6 Å². The molecule has 0 spiro atoms. The lowest BCUT2D eigenvalue weighted by atomic mass is 9.99. The minimum atomic E-state index is 0.661. The molecule has 1 radical (unpaired) electrons. The summed E-state index contributed by atoms with van der Waals surface area (Å²) in [6.45, 7) is 6.81. The zero-order valence-corrected chi connectivity index (χ0v) is 7.27. The molecule has 0 aromatic rings. The number of alkyl halides is 1. The summed E-state index contributed by atoms with van der Waals surface area (Å²) in [6, 6.07) is 0.